The molecule has 0 fully saturated rings. The van der Waals surface area contributed by atoms with Crippen LogP contribution in [0.1, 0.15) is 21.9 Å². The van der Waals surface area contributed by atoms with Crippen LogP contribution >= 0.6 is 11.6 Å². The summed E-state index contributed by atoms with van der Waals surface area (Å²) in [4.78, 5) is 18.9. The summed E-state index contributed by atoms with van der Waals surface area (Å²) in [7, 11) is 0. The minimum absolute atomic E-state index is 0.0571. The Hall–Kier alpha value is -2.91. The van der Waals surface area contributed by atoms with E-state index in [1.807, 2.05) is 24.3 Å². The normalized spacial score (nSPS) is 10.5. The second-order valence-corrected chi connectivity index (χ2v) is 5.11. The molecule has 0 bridgehead atoms. The van der Waals surface area contributed by atoms with Crippen LogP contribution in [-0.4, -0.2) is 25.6 Å². The first-order valence-corrected chi connectivity index (χ1v) is 6.69. The predicted octanol–water partition coefficient (Wildman–Crippen LogP) is 2.70. The van der Waals surface area contributed by atoms with Gasteiger partial charge in [0.25, 0.3) is 0 Å². The number of nitrogens with zero attached hydrogens (tertiary/aromatic N) is 4. The first-order chi connectivity index (χ1) is 10.6. The fourth-order valence-corrected chi connectivity index (χ4v) is 2.34. The maximum Gasteiger partial charge on any atom is 0.356 e. The van der Waals surface area contributed by atoms with Gasteiger partial charge in [-0.1, -0.05) is 17.7 Å². The Bertz CT molecular complexity index is 927. The monoisotopic (exact) mass is 312 g/mol. The number of carboxylic acid groups (broad SMARTS) is 1. The third kappa shape index (κ3) is 2.62. The summed E-state index contributed by atoms with van der Waals surface area (Å²) in [5.41, 5.74) is 1.55. The molecule has 0 saturated carbocycles. The highest BCUT2D eigenvalue weighted by Crippen LogP contribution is 2.19. The highest BCUT2D eigenvalue weighted by atomic mass is 35.5. The van der Waals surface area contributed by atoms with Gasteiger partial charge in [-0.25, -0.2) is 9.78 Å². The Morgan fingerprint density at radius 1 is 1.41 bits per heavy atom. The maximum absolute atomic E-state index is 10.9. The molecule has 6 nitrogen and oxygen atoms in total. The van der Waals surface area contributed by atoms with Gasteiger partial charge in [-0.3, -0.25) is 4.98 Å². The van der Waals surface area contributed by atoms with Crippen LogP contribution in [0.3, 0.4) is 0 Å². The van der Waals surface area contributed by atoms with E-state index in [-0.39, 0.29) is 11.5 Å². The molecule has 22 heavy (non-hydrogen) atoms. The Labute approximate surface area is 130 Å². The van der Waals surface area contributed by atoms with E-state index < -0.39 is 5.97 Å². The molecule has 3 aromatic rings. The van der Waals surface area contributed by atoms with Gasteiger partial charge in [0.15, 0.2) is 5.69 Å². The summed E-state index contributed by atoms with van der Waals surface area (Å²) >= 11 is 5.93. The number of halogens is 1. The minimum atomic E-state index is -1.16. The van der Waals surface area contributed by atoms with Gasteiger partial charge in [-0.15, -0.1) is 0 Å². The van der Waals surface area contributed by atoms with Crippen molar-refractivity contribution in [3.8, 4) is 6.07 Å². The quantitative estimate of drug-likeness (QED) is 0.802. The van der Waals surface area contributed by atoms with E-state index in [4.69, 9.17) is 22.0 Å². The third-order valence-corrected chi connectivity index (χ3v) is 3.37. The summed E-state index contributed by atoms with van der Waals surface area (Å²) in [6.45, 7) is 0.339. The van der Waals surface area contributed by atoms with Gasteiger partial charge in [-0.2, -0.15) is 5.26 Å². The van der Waals surface area contributed by atoms with Gasteiger partial charge < -0.3 is 9.67 Å². The van der Waals surface area contributed by atoms with Gasteiger partial charge in [0.1, 0.15) is 6.07 Å². The van der Waals surface area contributed by atoms with Crippen molar-refractivity contribution >= 4 is 28.5 Å². The van der Waals surface area contributed by atoms with Gasteiger partial charge in [0.2, 0.25) is 5.82 Å². The molecule has 1 N–H and O–H groups in total. The van der Waals surface area contributed by atoms with Crippen molar-refractivity contribution in [1.29, 1.82) is 5.26 Å². The van der Waals surface area contributed by atoms with Crippen LogP contribution in [0, 0.1) is 11.3 Å². The molecule has 3 rings (SSSR count). The van der Waals surface area contributed by atoms with E-state index in [2.05, 4.69) is 9.97 Å². The number of benzene rings is 1. The Morgan fingerprint density at radius 3 is 2.95 bits per heavy atom. The van der Waals surface area contributed by atoms with Gasteiger partial charge in [0, 0.05) is 24.3 Å². The smallest absolute Gasteiger partial charge is 0.356 e. The SMILES string of the molecule is N#Cc1nc(C(=O)O)cn1Cc1ccc2ncc(Cl)cc2c1. The van der Waals surface area contributed by atoms with E-state index >= 15 is 0 Å². The van der Waals surface area contributed by atoms with E-state index in [1.165, 1.54) is 10.8 Å². The molecule has 0 unspecified atom stereocenters. The fraction of sp³-hybridized carbons (Fsp3) is 0.0667. The summed E-state index contributed by atoms with van der Waals surface area (Å²) in [5, 5.41) is 19.4. The van der Waals surface area contributed by atoms with Crippen LogP contribution in [0.25, 0.3) is 10.9 Å². The van der Waals surface area contributed by atoms with Crippen molar-refractivity contribution in [3.63, 3.8) is 0 Å². The van der Waals surface area contributed by atoms with E-state index in [9.17, 15) is 4.79 Å². The zero-order chi connectivity index (χ0) is 15.7. The van der Waals surface area contributed by atoms with Crippen LogP contribution in [-0.2, 0) is 6.54 Å². The van der Waals surface area contributed by atoms with Crippen molar-refractivity contribution in [2.75, 3.05) is 0 Å². The lowest BCUT2D eigenvalue weighted by Gasteiger charge is -2.05. The molecule has 7 heteroatoms. The van der Waals surface area contributed by atoms with E-state index in [1.54, 1.807) is 12.3 Å². The number of carbonyl (C=O) groups is 1. The number of pyridine rings is 1. The molecule has 2 heterocycles. The molecule has 0 spiro atoms. The molecular weight excluding hydrogens is 304 g/mol. The first kappa shape index (κ1) is 14.0. The van der Waals surface area contributed by atoms with Crippen molar-refractivity contribution in [2.24, 2.45) is 0 Å². The summed E-state index contributed by atoms with van der Waals surface area (Å²) in [6, 6.07) is 9.31. The standard InChI is InChI=1S/C15H9ClN4O2/c16-11-4-10-3-9(1-2-12(10)18-6-11)7-20-8-13(15(21)22)19-14(20)5-17/h1-4,6,8H,7H2,(H,21,22). The van der Waals surface area contributed by atoms with Crippen molar-refractivity contribution in [1.82, 2.24) is 14.5 Å². The van der Waals surface area contributed by atoms with Gasteiger partial charge in [0.05, 0.1) is 10.5 Å². The number of nitriles is 1. The average molecular weight is 313 g/mol. The molecule has 0 atom stereocenters. The molecule has 0 amide bonds. The molecule has 0 aliphatic rings. The van der Waals surface area contributed by atoms with Gasteiger partial charge >= 0.3 is 5.97 Å². The number of aromatic nitrogens is 3. The molecule has 2 aromatic heterocycles. The second kappa shape index (κ2) is 5.47. The average Bonchev–Trinajstić information content (AvgIpc) is 2.90. The number of aromatic carboxylic acids is 1. The van der Waals surface area contributed by atoms with Crippen molar-refractivity contribution < 1.29 is 9.90 Å². The lowest BCUT2D eigenvalue weighted by molar-refractivity contribution is 0.0691. The van der Waals surface area contributed by atoms with Crippen LogP contribution in [0.2, 0.25) is 5.02 Å². The molecule has 0 saturated heterocycles. The van der Waals surface area contributed by atoms with E-state index in [0.717, 1.165) is 16.5 Å². The maximum atomic E-state index is 10.9. The number of imidazole rings is 1. The number of fused-ring (bicyclic) bond motifs is 1. The number of rotatable bonds is 3. The molecule has 0 aliphatic carbocycles. The zero-order valence-electron chi connectivity index (χ0n) is 11.2. The Balaban J connectivity index is 1.99. The molecule has 0 aliphatic heterocycles. The van der Waals surface area contributed by atoms with Crippen molar-refractivity contribution in [3.05, 3.63) is 58.8 Å². The summed E-state index contributed by atoms with van der Waals surface area (Å²) < 4.78 is 1.50. The fourth-order valence-electron chi connectivity index (χ4n) is 2.18. The van der Waals surface area contributed by atoms with Gasteiger partial charge in [-0.05, 0) is 23.8 Å². The highest BCUT2D eigenvalue weighted by molar-refractivity contribution is 6.31. The molecule has 108 valence electrons. The minimum Gasteiger partial charge on any atom is -0.476 e. The highest BCUT2D eigenvalue weighted by Gasteiger charge is 2.13. The lowest BCUT2D eigenvalue weighted by Crippen LogP contribution is -2.01. The van der Waals surface area contributed by atoms with Crippen LogP contribution in [0.4, 0.5) is 0 Å². The summed E-state index contributed by atoms with van der Waals surface area (Å²) in [6.07, 6.45) is 2.92. The first-order valence-electron chi connectivity index (χ1n) is 6.31. The summed E-state index contributed by atoms with van der Waals surface area (Å²) in [5.74, 6) is -1.11. The Morgan fingerprint density at radius 2 is 2.23 bits per heavy atom. The lowest BCUT2D eigenvalue weighted by atomic mass is 10.1. The van der Waals surface area contributed by atoms with Crippen molar-refractivity contribution in [2.45, 2.75) is 6.54 Å². The topological polar surface area (TPSA) is 91.8 Å². The van der Waals surface area contributed by atoms with E-state index in [0.29, 0.717) is 11.6 Å². The molecule has 1 aromatic carbocycles. The number of carboxylic acids is 1. The number of hydrogen-bond donors (Lipinski definition) is 1. The Kier molecular flexibility index (Phi) is 3.49. The third-order valence-electron chi connectivity index (χ3n) is 3.16. The van der Waals surface area contributed by atoms with Crippen LogP contribution < -0.4 is 0 Å². The zero-order valence-corrected chi connectivity index (χ0v) is 11.9. The van der Waals surface area contributed by atoms with Crippen LogP contribution in [0.5, 0.6) is 0 Å². The second-order valence-electron chi connectivity index (χ2n) is 4.68. The molecule has 0 radical (unpaired) electrons. The number of hydrogen-bond acceptors (Lipinski definition) is 4. The van der Waals surface area contributed by atoms with Crippen LogP contribution in [0.15, 0.2) is 36.7 Å². The molecular formula is C15H9ClN4O2. The predicted molar refractivity (Wildman–Crippen MR) is 79.8 cm³/mol. The largest absolute Gasteiger partial charge is 0.476 e.